The highest BCUT2D eigenvalue weighted by atomic mass is 19.1. The molecule has 1 aromatic carbocycles. The zero-order chi connectivity index (χ0) is 13.0. The third-order valence-electron chi connectivity index (χ3n) is 3.59. The molecule has 1 aliphatic rings. The summed E-state index contributed by atoms with van der Waals surface area (Å²) < 4.78 is 26.7. The van der Waals surface area contributed by atoms with E-state index < -0.39 is 5.82 Å². The van der Waals surface area contributed by atoms with E-state index in [1.165, 1.54) is 25.0 Å². The van der Waals surface area contributed by atoms with E-state index in [9.17, 15) is 8.78 Å². The molecule has 1 aliphatic heterocycles. The summed E-state index contributed by atoms with van der Waals surface area (Å²) in [5.74, 6) is -0.101. The first-order chi connectivity index (χ1) is 8.66. The lowest BCUT2D eigenvalue weighted by Gasteiger charge is -2.26. The Morgan fingerprint density at radius 3 is 2.94 bits per heavy atom. The van der Waals surface area contributed by atoms with Crippen molar-refractivity contribution in [3.63, 3.8) is 0 Å². The summed E-state index contributed by atoms with van der Waals surface area (Å²) in [6.45, 7) is 2.90. The molecule has 2 nitrogen and oxygen atoms in total. The Hall–Kier alpha value is -1.16. The zero-order valence-corrected chi connectivity index (χ0v) is 10.8. The van der Waals surface area contributed by atoms with Crippen molar-refractivity contribution in [3.8, 4) is 0 Å². The Morgan fingerprint density at radius 2 is 2.22 bits per heavy atom. The molecule has 0 aliphatic carbocycles. The van der Waals surface area contributed by atoms with Crippen LogP contribution in [-0.4, -0.2) is 26.7 Å². The van der Waals surface area contributed by atoms with Crippen molar-refractivity contribution in [2.45, 2.75) is 19.3 Å². The van der Waals surface area contributed by atoms with Gasteiger partial charge in [0.1, 0.15) is 11.6 Å². The second-order valence-electron chi connectivity index (χ2n) is 5.02. The molecule has 1 atom stereocenters. The smallest absolute Gasteiger partial charge is 0.146 e. The summed E-state index contributed by atoms with van der Waals surface area (Å²) in [6.07, 6.45) is 3.45. The number of nitrogens with zero attached hydrogens (tertiary/aromatic N) is 1. The Morgan fingerprint density at radius 1 is 1.39 bits per heavy atom. The fourth-order valence-corrected chi connectivity index (χ4v) is 2.45. The minimum absolute atomic E-state index is 0.346. The molecule has 1 aromatic rings. The van der Waals surface area contributed by atoms with Crippen LogP contribution >= 0.6 is 0 Å². The van der Waals surface area contributed by atoms with Crippen molar-refractivity contribution < 1.29 is 8.78 Å². The third-order valence-corrected chi connectivity index (χ3v) is 3.59. The van der Waals surface area contributed by atoms with Crippen molar-refractivity contribution in [1.29, 1.82) is 0 Å². The van der Waals surface area contributed by atoms with E-state index in [2.05, 4.69) is 5.32 Å². The zero-order valence-electron chi connectivity index (χ0n) is 10.8. The highest BCUT2D eigenvalue weighted by Gasteiger charge is 2.15. The molecule has 18 heavy (non-hydrogen) atoms. The molecular formula is C14H20F2N2. The van der Waals surface area contributed by atoms with E-state index in [4.69, 9.17) is 0 Å². The van der Waals surface area contributed by atoms with Crippen LogP contribution in [-0.2, 0) is 0 Å². The van der Waals surface area contributed by atoms with E-state index in [1.54, 1.807) is 4.90 Å². The number of hydrogen-bond donors (Lipinski definition) is 1. The van der Waals surface area contributed by atoms with Crippen LogP contribution in [0, 0.1) is 17.6 Å². The number of rotatable bonds is 4. The Bertz CT molecular complexity index is 389. The average Bonchev–Trinajstić information content (AvgIpc) is 2.40. The Balaban J connectivity index is 1.90. The van der Waals surface area contributed by atoms with Gasteiger partial charge in [0.05, 0.1) is 5.69 Å². The van der Waals surface area contributed by atoms with Gasteiger partial charge >= 0.3 is 0 Å². The second kappa shape index (κ2) is 6.14. The monoisotopic (exact) mass is 254 g/mol. The quantitative estimate of drug-likeness (QED) is 0.889. The van der Waals surface area contributed by atoms with Crippen LogP contribution in [0.2, 0.25) is 0 Å². The van der Waals surface area contributed by atoms with Crippen LogP contribution in [0.4, 0.5) is 14.5 Å². The van der Waals surface area contributed by atoms with Gasteiger partial charge in [-0.1, -0.05) is 0 Å². The van der Waals surface area contributed by atoms with Crippen molar-refractivity contribution in [1.82, 2.24) is 5.32 Å². The molecule has 0 amide bonds. The third kappa shape index (κ3) is 3.42. The lowest BCUT2D eigenvalue weighted by molar-refractivity contribution is 0.360. The lowest BCUT2D eigenvalue weighted by atomic mass is 9.96. The van der Waals surface area contributed by atoms with Gasteiger partial charge in [0.25, 0.3) is 0 Å². The maximum absolute atomic E-state index is 13.6. The highest BCUT2D eigenvalue weighted by molar-refractivity contribution is 5.47. The number of piperidine rings is 1. The van der Waals surface area contributed by atoms with Crippen LogP contribution in [0.1, 0.15) is 19.3 Å². The molecule has 0 bridgehead atoms. The van der Waals surface area contributed by atoms with Gasteiger partial charge in [-0.2, -0.15) is 0 Å². The minimum Gasteiger partial charge on any atom is -0.372 e. The number of anilines is 1. The van der Waals surface area contributed by atoms with Crippen molar-refractivity contribution in [2.24, 2.45) is 5.92 Å². The van der Waals surface area contributed by atoms with Gasteiger partial charge in [0.15, 0.2) is 0 Å². The van der Waals surface area contributed by atoms with Crippen LogP contribution in [0.15, 0.2) is 18.2 Å². The largest absolute Gasteiger partial charge is 0.372 e. The van der Waals surface area contributed by atoms with Gasteiger partial charge in [-0.05, 0) is 50.4 Å². The molecule has 0 spiro atoms. The summed E-state index contributed by atoms with van der Waals surface area (Å²) in [6, 6.07) is 3.59. The van der Waals surface area contributed by atoms with E-state index in [0.717, 1.165) is 32.1 Å². The number of halogens is 2. The van der Waals surface area contributed by atoms with E-state index in [-0.39, 0.29) is 5.82 Å². The van der Waals surface area contributed by atoms with Crippen LogP contribution in [0.5, 0.6) is 0 Å². The average molecular weight is 254 g/mol. The number of nitrogens with one attached hydrogen (secondary N) is 1. The van der Waals surface area contributed by atoms with Gasteiger partial charge < -0.3 is 10.2 Å². The fourth-order valence-electron chi connectivity index (χ4n) is 2.45. The minimum atomic E-state index is -0.391. The Labute approximate surface area is 107 Å². The molecule has 0 aromatic heterocycles. The van der Waals surface area contributed by atoms with Gasteiger partial charge in [0, 0.05) is 19.7 Å². The molecule has 0 saturated carbocycles. The maximum atomic E-state index is 13.6. The Kier molecular flexibility index (Phi) is 4.53. The van der Waals surface area contributed by atoms with E-state index >= 15 is 0 Å². The standard InChI is InChI=1S/C14H20F2N2/c1-18(8-6-11-3-2-7-17-10-11)14-9-12(15)4-5-13(14)16/h4-5,9,11,17H,2-3,6-8,10H2,1H3. The molecule has 1 heterocycles. The topological polar surface area (TPSA) is 15.3 Å². The first kappa shape index (κ1) is 13.3. The first-order valence-corrected chi connectivity index (χ1v) is 6.53. The summed E-state index contributed by atoms with van der Waals surface area (Å²) >= 11 is 0. The lowest BCUT2D eigenvalue weighted by Crippen LogP contribution is -2.32. The SMILES string of the molecule is CN(CCC1CCCNC1)c1cc(F)ccc1F. The summed E-state index contributed by atoms with van der Waals surface area (Å²) in [7, 11) is 1.81. The van der Waals surface area contributed by atoms with Crippen LogP contribution in [0.25, 0.3) is 0 Å². The molecule has 1 fully saturated rings. The summed E-state index contributed by atoms with van der Waals surface area (Å²) in [5, 5.41) is 3.37. The second-order valence-corrected chi connectivity index (χ2v) is 5.02. The molecule has 1 unspecified atom stereocenters. The normalized spacial score (nSPS) is 19.8. The predicted octanol–water partition coefficient (Wildman–Crippen LogP) is 2.79. The number of benzene rings is 1. The van der Waals surface area contributed by atoms with Crippen LogP contribution in [0.3, 0.4) is 0 Å². The number of hydrogen-bond acceptors (Lipinski definition) is 2. The molecule has 1 saturated heterocycles. The van der Waals surface area contributed by atoms with E-state index in [0.29, 0.717) is 11.6 Å². The highest BCUT2D eigenvalue weighted by Crippen LogP contribution is 2.21. The maximum Gasteiger partial charge on any atom is 0.146 e. The van der Waals surface area contributed by atoms with Gasteiger partial charge in [-0.15, -0.1) is 0 Å². The molecule has 100 valence electrons. The summed E-state index contributed by atoms with van der Waals surface area (Å²) in [5.41, 5.74) is 0.346. The van der Waals surface area contributed by atoms with Crippen molar-refractivity contribution in [2.75, 3.05) is 31.6 Å². The molecular weight excluding hydrogens is 234 g/mol. The first-order valence-electron chi connectivity index (χ1n) is 6.53. The van der Waals surface area contributed by atoms with Crippen molar-refractivity contribution in [3.05, 3.63) is 29.8 Å². The molecule has 0 radical (unpaired) electrons. The molecule has 4 heteroatoms. The van der Waals surface area contributed by atoms with E-state index in [1.807, 2.05) is 7.05 Å². The molecule has 1 N–H and O–H groups in total. The fraction of sp³-hybridized carbons (Fsp3) is 0.571. The molecule has 2 rings (SSSR count). The van der Waals surface area contributed by atoms with Gasteiger partial charge in [-0.3, -0.25) is 0 Å². The van der Waals surface area contributed by atoms with Gasteiger partial charge in [0.2, 0.25) is 0 Å². The summed E-state index contributed by atoms with van der Waals surface area (Å²) in [4.78, 5) is 1.80. The van der Waals surface area contributed by atoms with Gasteiger partial charge in [-0.25, -0.2) is 8.78 Å². The van der Waals surface area contributed by atoms with Crippen molar-refractivity contribution >= 4 is 5.69 Å². The van der Waals surface area contributed by atoms with Crippen LogP contribution < -0.4 is 10.2 Å². The predicted molar refractivity (Wildman–Crippen MR) is 69.8 cm³/mol.